The van der Waals surface area contributed by atoms with Crippen LogP contribution in [0.25, 0.3) is 0 Å². The molecule has 122 valence electrons. The summed E-state index contributed by atoms with van der Waals surface area (Å²) >= 11 is 0. The van der Waals surface area contributed by atoms with E-state index in [-0.39, 0.29) is 41.9 Å². The zero-order valence-electron chi connectivity index (χ0n) is 12.8. The predicted molar refractivity (Wildman–Crippen MR) is 77.1 cm³/mol. The third-order valence-corrected chi connectivity index (χ3v) is 5.59. The number of hydrogen-bond donors (Lipinski definition) is 0. The Hall–Kier alpha value is -1.63. The quantitative estimate of drug-likeness (QED) is 0.620. The summed E-state index contributed by atoms with van der Waals surface area (Å²) in [6.45, 7) is 1.19. The number of hydrogen-bond acceptors (Lipinski definition) is 6. The highest BCUT2D eigenvalue weighted by atomic mass is 16.7. The van der Waals surface area contributed by atoms with Crippen LogP contribution in [0.2, 0.25) is 0 Å². The Labute approximate surface area is 133 Å². The number of methoxy groups -OCH3 is 1. The summed E-state index contributed by atoms with van der Waals surface area (Å²) in [7, 11) is 1.60. The fourth-order valence-corrected chi connectivity index (χ4v) is 4.45. The van der Waals surface area contributed by atoms with E-state index < -0.39 is 0 Å². The molecule has 23 heavy (non-hydrogen) atoms. The summed E-state index contributed by atoms with van der Waals surface area (Å²) in [5, 5.41) is 0. The first-order chi connectivity index (χ1) is 11.2. The van der Waals surface area contributed by atoms with Crippen LogP contribution in [-0.2, 0) is 18.9 Å². The van der Waals surface area contributed by atoms with E-state index in [0.29, 0.717) is 24.5 Å². The molecule has 0 N–H and O–H groups in total. The molecule has 1 aliphatic carbocycles. The summed E-state index contributed by atoms with van der Waals surface area (Å²) in [5.41, 5.74) is 0.248. The van der Waals surface area contributed by atoms with Crippen LogP contribution >= 0.6 is 0 Å². The fraction of sp³-hybridized carbons (Fsp3) is 0.588. The van der Waals surface area contributed by atoms with Gasteiger partial charge in [-0.3, -0.25) is 0 Å². The molecule has 0 unspecified atom stereocenters. The van der Waals surface area contributed by atoms with Gasteiger partial charge in [0.15, 0.2) is 6.29 Å². The Morgan fingerprint density at radius 1 is 1.26 bits per heavy atom. The van der Waals surface area contributed by atoms with Crippen LogP contribution in [-0.4, -0.2) is 50.4 Å². The SMILES string of the molecule is COc1ccc(C(=O)O[C@@H]2[C@H]3CCO[C@@H]4OC[C@]5(O[C@@H]25)[C@@H]43)cc1. The second-order valence-corrected chi connectivity index (χ2v) is 6.62. The first kappa shape index (κ1) is 13.8. The number of ether oxygens (including phenoxy) is 5. The minimum Gasteiger partial charge on any atom is -0.497 e. The lowest BCUT2D eigenvalue weighted by Crippen LogP contribution is -2.41. The molecule has 6 heteroatoms. The Kier molecular flexibility index (Phi) is 2.81. The Morgan fingerprint density at radius 3 is 2.87 bits per heavy atom. The van der Waals surface area contributed by atoms with Gasteiger partial charge in [-0.1, -0.05) is 0 Å². The van der Waals surface area contributed by atoms with E-state index in [4.69, 9.17) is 23.7 Å². The molecule has 1 aromatic rings. The molecular weight excluding hydrogens is 300 g/mol. The van der Waals surface area contributed by atoms with Crippen LogP contribution in [0.4, 0.5) is 0 Å². The van der Waals surface area contributed by atoms with Gasteiger partial charge in [-0.15, -0.1) is 0 Å². The molecule has 3 aliphatic heterocycles. The molecule has 4 fully saturated rings. The first-order valence-corrected chi connectivity index (χ1v) is 7.99. The largest absolute Gasteiger partial charge is 0.497 e. The molecule has 1 aromatic carbocycles. The highest BCUT2D eigenvalue weighted by Gasteiger charge is 2.80. The van der Waals surface area contributed by atoms with Gasteiger partial charge in [0, 0.05) is 5.92 Å². The second kappa shape index (κ2) is 4.69. The van der Waals surface area contributed by atoms with Crippen LogP contribution in [0.1, 0.15) is 16.8 Å². The van der Waals surface area contributed by atoms with E-state index in [9.17, 15) is 4.79 Å². The van der Waals surface area contributed by atoms with Gasteiger partial charge in [0.2, 0.25) is 0 Å². The predicted octanol–water partition coefficient (Wildman–Crippen LogP) is 1.38. The Balaban J connectivity index is 1.35. The van der Waals surface area contributed by atoms with Crippen molar-refractivity contribution in [3.8, 4) is 5.75 Å². The van der Waals surface area contributed by atoms with E-state index in [2.05, 4.69) is 0 Å². The van der Waals surface area contributed by atoms with Gasteiger partial charge in [0.1, 0.15) is 23.6 Å². The number of rotatable bonds is 3. The molecular formula is C17H18O6. The lowest BCUT2D eigenvalue weighted by Gasteiger charge is -2.34. The standard InChI is InChI=1S/C17H18O6/c1-19-10-4-2-9(3-5-10)15(18)22-13-11-6-7-20-16-12(11)17(8-21-16)14(13)23-17/h2-5,11-14,16H,6-8H2,1H3/t11-,12+,13+,14-,16+,17-/m0/s1. The van der Waals surface area contributed by atoms with Crippen molar-refractivity contribution in [3.05, 3.63) is 29.8 Å². The molecule has 3 heterocycles. The van der Waals surface area contributed by atoms with Crippen LogP contribution < -0.4 is 4.74 Å². The number of carbonyl (C=O) groups excluding carboxylic acids is 1. The number of carbonyl (C=O) groups is 1. The number of benzene rings is 1. The summed E-state index contributed by atoms with van der Waals surface area (Å²) in [4.78, 5) is 12.5. The van der Waals surface area contributed by atoms with E-state index in [0.717, 1.165) is 6.42 Å². The topological polar surface area (TPSA) is 66.5 Å². The summed E-state index contributed by atoms with van der Waals surface area (Å²) in [5.74, 6) is 0.852. The van der Waals surface area contributed by atoms with Crippen LogP contribution in [0.3, 0.4) is 0 Å². The highest BCUT2D eigenvalue weighted by molar-refractivity contribution is 5.89. The minimum absolute atomic E-state index is 0.0496. The van der Waals surface area contributed by atoms with E-state index >= 15 is 0 Å². The van der Waals surface area contributed by atoms with Gasteiger partial charge in [-0.25, -0.2) is 4.79 Å². The molecule has 3 saturated heterocycles. The highest BCUT2D eigenvalue weighted by Crippen LogP contribution is 2.64. The van der Waals surface area contributed by atoms with Crippen molar-refractivity contribution in [2.24, 2.45) is 11.8 Å². The van der Waals surface area contributed by atoms with E-state index in [1.807, 2.05) is 0 Å². The molecule has 5 rings (SSSR count). The maximum Gasteiger partial charge on any atom is 0.338 e. The fourth-order valence-electron chi connectivity index (χ4n) is 4.45. The van der Waals surface area contributed by atoms with Crippen LogP contribution in [0.15, 0.2) is 24.3 Å². The van der Waals surface area contributed by atoms with Crippen molar-refractivity contribution in [2.75, 3.05) is 20.3 Å². The van der Waals surface area contributed by atoms with Gasteiger partial charge < -0.3 is 23.7 Å². The zero-order valence-corrected chi connectivity index (χ0v) is 12.8. The third kappa shape index (κ3) is 1.83. The minimum atomic E-state index is -0.313. The van der Waals surface area contributed by atoms with Gasteiger partial charge in [-0.05, 0) is 30.7 Å². The first-order valence-electron chi connectivity index (χ1n) is 7.99. The van der Waals surface area contributed by atoms with Crippen molar-refractivity contribution >= 4 is 5.97 Å². The molecule has 6 atom stereocenters. The second-order valence-electron chi connectivity index (χ2n) is 6.62. The monoisotopic (exact) mass is 318 g/mol. The Morgan fingerprint density at radius 2 is 2.09 bits per heavy atom. The summed E-state index contributed by atoms with van der Waals surface area (Å²) in [6.07, 6.45) is 0.423. The number of epoxide rings is 1. The Bertz CT molecular complexity index is 643. The van der Waals surface area contributed by atoms with Crippen molar-refractivity contribution in [1.29, 1.82) is 0 Å². The van der Waals surface area contributed by atoms with Crippen LogP contribution in [0, 0.1) is 11.8 Å². The molecule has 1 spiro atoms. The van der Waals surface area contributed by atoms with Gasteiger partial charge >= 0.3 is 5.97 Å². The normalized spacial score (nSPS) is 42.7. The summed E-state index contributed by atoms with van der Waals surface area (Å²) in [6, 6.07) is 6.95. The zero-order chi connectivity index (χ0) is 15.6. The molecule has 1 saturated carbocycles. The van der Waals surface area contributed by atoms with Crippen molar-refractivity contribution in [2.45, 2.75) is 30.5 Å². The van der Waals surface area contributed by atoms with E-state index in [1.165, 1.54) is 0 Å². The lowest BCUT2D eigenvalue weighted by atomic mass is 9.85. The van der Waals surface area contributed by atoms with Crippen molar-refractivity contribution < 1.29 is 28.5 Å². The third-order valence-electron chi connectivity index (χ3n) is 5.59. The maximum atomic E-state index is 12.5. The van der Waals surface area contributed by atoms with Crippen LogP contribution in [0.5, 0.6) is 5.75 Å². The molecule has 0 radical (unpaired) electrons. The number of esters is 1. The molecule has 4 aliphatic rings. The summed E-state index contributed by atoms with van der Waals surface area (Å²) < 4.78 is 28.2. The molecule has 0 amide bonds. The maximum absolute atomic E-state index is 12.5. The average Bonchev–Trinajstić information content (AvgIpc) is 3.10. The molecule has 6 nitrogen and oxygen atoms in total. The van der Waals surface area contributed by atoms with Gasteiger partial charge in [0.05, 0.1) is 31.8 Å². The average molecular weight is 318 g/mol. The van der Waals surface area contributed by atoms with Crippen molar-refractivity contribution in [1.82, 2.24) is 0 Å². The lowest BCUT2D eigenvalue weighted by molar-refractivity contribution is -0.179. The smallest absolute Gasteiger partial charge is 0.338 e. The van der Waals surface area contributed by atoms with Crippen molar-refractivity contribution in [3.63, 3.8) is 0 Å². The van der Waals surface area contributed by atoms with E-state index in [1.54, 1.807) is 31.4 Å². The van der Waals surface area contributed by atoms with Gasteiger partial charge in [0.25, 0.3) is 0 Å². The molecule has 0 aromatic heterocycles. The van der Waals surface area contributed by atoms with Gasteiger partial charge in [-0.2, -0.15) is 0 Å². The molecule has 0 bridgehead atoms.